The van der Waals surface area contributed by atoms with E-state index in [1.54, 1.807) is 0 Å². The van der Waals surface area contributed by atoms with Crippen LogP contribution in [0.5, 0.6) is 0 Å². The summed E-state index contributed by atoms with van der Waals surface area (Å²) in [5.41, 5.74) is 9.17. The van der Waals surface area contributed by atoms with Crippen LogP contribution in [0.3, 0.4) is 0 Å². The summed E-state index contributed by atoms with van der Waals surface area (Å²) < 4.78 is 0. The molecule has 0 aromatic carbocycles. The Balaban J connectivity index is 1.54. The lowest BCUT2D eigenvalue weighted by molar-refractivity contribution is -0.0632. The van der Waals surface area contributed by atoms with Gasteiger partial charge in [0.05, 0.1) is 6.10 Å². The molecule has 0 radical (unpaired) electrons. The van der Waals surface area contributed by atoms with E-state index >= 15 is 0 Å². The maximum Gasteiger partial charge on any atom is 0.0577 e. The molecule has 0 heterocycles. The average molecular weight is 402 g/mol. The van der Waals surface area contributed by atoms with Crippen molar-refractivity contribution in [2.24, 2.45) is 52.1 Å². The fraction of sp³-hybridized carbons (Fsp3) is 0.926. The highest BCUT2D eigenvalue weighted by molar-refractivity contribution is 5.28. The lowest BCUT2D eigenvalue weighted by Crippen LogP contribution is -2.56. The number of nitrogens with two attached hydrogens (primary N) is 1. The molecule has 0 aliphatic heterocycles. The molecule has 4 rings (SSSR count). The maximum atomic E-state index is 10.3. The van der Waals surface area contributed by atoms with E-state index < -0.39 is 0 Å². The normalized spacial score (nSPS) is 47.9. The van der Waals surface area contributed by atoms with E-state index in [9.17, 15) is 5.11 Å². The van der Waals surface area contributed by atoms with Crippen molar-refractivity contribution in [2.75, 3.05) is 0 Å². The number of fused-ring (bicyclic) bond motifs is 5. The predicted molar refractivity (Wildman–Crippen MR) is 122 cm³/mol. The first kappa shape index (κ1) is 21.9. The number of aliphatic hydroxyl groups excluding tert-OH is 1. The van der Waals surface area contributed by atoms with E-state index in [0.717, 1.165) is 48.9 Å². The molecule has 2 nitrogen and oxygen atoms in total. The second kappa shape index (κ2) is 7.97. The van der Waals surface area contributed by atoms with Gasteiger partial charge in [0.2, 0.25) is 0 Å². The summed E-state index contributed by atoms with van der Waals surface area (Å²) in [6, 6.07) is 0.202. The molecule has 0 aromatic rings. The molecule has 0 saturated heterocycles. The lowest BCUT2D eigenvalue weighted by atomic mass is 9.46. The largest absolute Gasteiger partial charge is 0.393 e. The lowest BCUT2D eigenvalue weighted by Gasteiger charge is -2.60. The van der Waals surface area contributed by atoms with Crippen LogP contribution in [0.2, 0.25) is 0 Å². The zero-order valence-corrected chi connectivity index (χ0v) is 19.8. The van der Waals surface area contributed by atoms with Crippen LogP contribution in [0, 0.1) is 46.3 Å². The van der Waals surface area contributed by atoms with Gasteiger partial charge in [0, 0.05) is 6.04 Å². The molecule has 3 fully saturated rings. The first-order valence-corrected chi connectivity index (χ1v) is 12.8. The van der Waals surface area contributed by atoms with Crippen LogP contribution in [0.1, 0.15) is 98.8 Å². The van der Waals surface area contributed by atoms with Crippen molar-refractivity contribution < 1.29 is 5.11 Å². The monoisotopic (exact) mass is 401 g/mol. The van der Waals surface area contributed by atoms with Gasteiger partial charge in [0.15, 0.2) is 0 Å². The van der Waals surface area contributed by atoms with Gasteiger partial charge in [0.25, 0.3) is 0 Å². The molecule has 3 N–H and O–H groups in total. The Bertz CT molecular complexity index is 626. The summed E-state index contributed by atoms with van der Waals surface area (Å²) in [6.07, 6.45) is 15.0. The molecular weight excluding hydrogens is 354 g/mol. The van der Waals surface area contributed by atoms with Crippen LogP contribution in [-0.2, 0) is 0 Å². The second-order valence-corrected chi connectivity index (χ2v) is 12.4. The Labute approximate surface area is 180 Å². The minimum Gasteiger partial charge on any atom is -0.393 e. The number of aliphatic hydroxyl groups is 1. The van der Waals surface area contributed by atoms with Gasteiger partial charge in [-0.05, 0) is 91.3 Å². The Morgan fingerprint density at radius 1 is 1.03 bits per heavy atom. The van der Waals surface area contributed by atoms with Crippen LogP contribution in [-0.4, -0.2) is 17.3 Å². The molecular formula is C27H47NO. The molecule has 0 amide bonds. The molecule has 29 heavy (non-hydrogen) atoms. The summed E-state index contributed by atoms with van der Waals surface area (Å²) in [5.74, 6) is 4.77. The minimum absolute atomic E-state index is 0.144. The molecule has 2 heteroatoms. The van der Waals surface area contributed by atoms with E-state index in [2.05, 4.69) is 40.7 Å². The molecule has 4 aliphatic rings. The second-order valence-electron chi connectivity index (χ2n) is 12.4. The zero-order chi connectivity index (χ0) is 21.0. The zero-order valence-electron chi connectivity index (χ0n) is 19.8. The van der Waals surface area contributed by atoms with Gasteiger partial charge in [-0.15, -0.1) is 0 Å². The summed E-state index contributed by atoms with van der Waals surface area (Å²) in [6.45, 7) is 12.4. The van der Waals surface area contributed by atoms with Crippen LogP contribution in [0.15, 0.2) is 11.6 Å². The van der Waals surface area contributed by atoms with Gasteiger partial charge in [-0.25, -0.2) is 0 Å². The van der Waals surface area contributed by atoms with Crippen molar-refractivity contribution >= 4 is 0 Å². The molecule has 166 valence electrons. The standard InChI is InChI=1S/C27H47NO/c1-17(2)7-6-8-18(3)21-9-10-22-25-23(12-14-27(21,22)5)26(4)13-11-20(29)15-19(26)16-24(25)28/h16-18,20-25,29H,6-15,28H2,1-5H3/t18-,20-,21+,22-,23-,24+,25-,26-,27+/m0/s1. The van der Waals surface area contributed by atoms with Gasteiger partial charge >= 0.3 is 0 Å². The van der Waals surface area contributed by atoms with E-state index in [1.165, 1.54) is 50.5 Å². The third kappa shape index (κ3) is 3.65. The predicted octanol–water partition coefficient (Wildman–Crippen LogP) is 6.33. The van der Waals surface area contributed by atoms with Gasteiger partial charge in [-0.2, -0.15) is 0 Å². The fourth-order valence-electron chi connectivity index (χ4n) is 8.74. The quantitative estimate of drug-likeness (QED) is 0.529. The topological polar surface area (TPSA) is 46.2 Å². The van der Waals surface area contributed by atoms with Crippen molar-refractivity contribution in [1.29, 1.82) is 0 Å². The Hall–Kier alpha value is -0.340. The highest BCUT2D eigenvalue weighted by Crippen LogP contribution is 2.67. The van der Waals surface area contributed by atoms with Gasteiger partial charge < -0.3 is 10.8 Å². The van der Waals surface area contributed by atoms with E-state index in [-0.39, 0.29) is 12.1 Å². The Morgan fingerprint density at radius 2 is 1.79 bits per heavy atom. The van der Waals surface area contributed by atoms with Crippen LogP contribution < -0.4 is 5.73 Å². The molecule has 0 unspecified atom stereocenters. The van der Waals surface area contributed by atoms with Gasteiger partial charge in [0.1, 0.15) is 0 Å². The van der Waals surface area contributed by atoms with Crippen LogP contribution >= 0.6 is 0 Å². The van der Waals surface area contributed by atoms with Crippen molar-refractivity contribution in [3.8, 4) is 0 Å². The summed E-state index contributed by atoms with van der Waals surface area (Å²) in [4.78, 5) is 0. The SMILES string of the molecule is CC(C)CCC[C@H](C)[C@H]1CC[C@H]2[C@@H]3[C@H](N)C=C4C[C@@H](O)CC[C@]4(C)[C@H]3CC[C@]12C. The van der Waals surface area contributed by atoms with E-state index in [0.29, 0.717) is 16.7 Å². The summed E-state index contributed by atoms with van der Waals surface area (Å²) in [7, 11) is 0. The van der Waals surface area contributed by atoms with E-state index in [4.69, 9.17) is 5.73 Å². The highest BCUT2D eigenvalue weighted by Gasteiger charge is 2.60. The fourth-order valence-corrected chi connectivity index (χ4v) is 8.74. The van der Waals surface area contributed by atoms with E-state index in [1.807, 2.05) is 0 Å². The highest BCUT2D eigenvalue weighted by atomic mass is 16.3. The average Bonchev–Trinajstić information content (AvgIpc) is 3.00. The van der Waals surface area contributed by atoms with Gasteiger partial charge in [-0.3, -0.25) is 0 Å². The molecule has 3 saturated carbocycles. The van der Waals surface area contributed by atoms with Crippen LogP contribution in [0.4, 0.5) is 0 Å². The van der Waals surface area contributed by atoms with Crippen molar-refractivity contribution in [2.45, 2.75) is 111 Å². The van der Waals surface area contributed by atoms with Crippen molar-refractivity contribution in [3.63, 3.8) is 0 Å². The maximum absolute atomic E-state index is 10.3. The van der Waals surface area contributed by atoms with Gasteiger partial charge in [-0.1, -0.05) is 65.5 Å². The number of rotatable bonds is 5. The van der Waals surface area contributed by atoms with Crippen LogP contribution in [0.25, 0.3) is 0 Å². The van der Waals surface area contributed by atoms with Crippen molar-refractivity contribution in [1.82, 2.24) is 0 Å². The first-order valence-electron chi connectivity index (χ1n) is 12.8. The first-order chi connectivity index (χ1) is 13.7. The number of hydrogen-bond donors (Lipinski definition) is 2. The molecule has 4 aliphatic carbocycles. The summed E-state index contributed by atoms with van der Waals surface area (Å²) in [5, 5.41) is 10.3. The Morgan fingerprint density at radius 3 is 2.52 bits per heavy atom. The third-order valence-electron chi connectivity index (χ3n) is 10.4. The number of hydrogen-bond acceptors (Lipinski definition) is 2. The third-order valence-corrected chi connectivity index (χ3v) is 10.4. The molecule has 9 atom stereocenters. The summed E-state index contributed by atoms with van der Waals surface area (Å²) >= 11 is 0. The molecule has 0 spiro atoms. The molecule has 0 bridgehead atoms. The molecule has 0 aromatic heterocycles. The van der Waals surface area contributed by atoms with Crippen molar-refractivity contribution in [3.05, 3.63) is 11.6 Å². The Kier molecular flexibility index (Phi) is 6.01. The smallest absolute Gasteiger partial charge is 0.0577 e. The minimum atomic E-state index is -0.144.